The molecule has 3 aromatic rings. The molecular formula is C14H8FN3. The third kappa shape index (κ3) is 1.45. The van der Waals surface area contributed by atoms with Crippen LogP contribution in [0.4, 0.5) is 4.39 Å². The van der Waals surface area contributed by atoms with E-state index in [1.807, 2.05) is 36.4 Å². The van der Waals surface area contributed by atoms with E-state index in [4.69, 9.17) is 5.26 Å². The number of benzene rings is 1. The van der Waals surface area contributed by atoms with Gasteiger partial charge in [0.2, 0.25) is 0 Å². The third-order valence-corrected chi connectivity index (χ3v) is 2.75. The van der Waals surface area contributed by atoms with E-state index in [0.29, 0.717) is 5.82 Å². The molecule has 0 spiro atoms. The Kier molecular flexibility index (Phi) is 2.31. The number of fused-ring (bicyclic) bond motifs is 1. The Balaban J connectivity index is 2.39. The zero-order valence-electron chi connectivity index (χ0n) is 9.34. The molecule has 3 rings (SSSR count). The second-order valence-electron chi connectivity index (χ2n) is 3.84. The molecule has 86 valence electrons. The summed E-state index contributed by atoms with van der Waals surface area (Å²) in [4.78, 5) is 4.20. The normalized spacial score (nSPS) is 10.4. The van der Waals surface area contributed by atoms with Gasteiger partial charge in [0.05, 0.1) is 0 Å². The monoisotopic (exact) mass is 237 g/mol. The molecule has 0 aliphatic rings. The van der Waals surface area contributed by atoms with Gasteiger partial charge in [-0.3, -0.25) is 4.40 Å². The molecule has 0 saturated heterocycles. The molecular weight excluding hydrogens is 229 g/mol. The first-order valence-corrected chi connectivity index (χ1v) is 5.43. The summed E-state index contributed by atoms with van der Waals surface area (Å²) in [5.74, 6) is 0.130. The standard InChI is InChI=1S/C14H8FN3/c15-11-7-4-8-18-13(11)12(9-16)17-14(18)10-5-2-1-3-6-10/h1-8H. The molecule has 0 aliphatic heterocycles. The Morgan fingerprint density at radius 1 is 1.11 bits per heavy atom. The number of hydrogen-bond acceptors (Lipinski definition) is 2. The molecule has 0 amide bonds. The summed E-state index contributed by atoms with van der Waals surface area (Å²) in [5, 5.41) is 9.03. The number of nitrogens with zero attached hydrogens (tertiary/aromatic N) is 3. The summed E-state index contributed by atoms with van der Waals surface area (Å²) >= 11 is 0. The molecule has 0 N–H and O–H groups in total. The molecule has 18 heavy (non-hydrogen) atoms. The number of hydrogen-bond donors (Lipinski definition) is 0. The molecule has 0 radical (unpaired) electrons. The topological polar surface area (TPSA) is 41.1 Å². The lowest BCUT2D eigenvalue weighted by Crippen LogP contribution is -1.90. The quantitative estimate of drug-likeness (QED) is 0.652. The number of aromatic nitrogens is 2. The van der Waals surface area contributed by atoms with E-state index in [9.17, 15) is 4.39 Å². The zero-order chi connectivity index (χ0) is 12.5. The van der Waals surface area contributed by atoms with Crippen LogP contribution in [0.1, 0.15) is 5.69 Å². The fraction of sp³-hybridized carbons (Fsp3) is 0. The first-order chi connectivity index (χ1) is 8.81. The van der Waals surface area contributed by atoms with Crippen LogP contribution in [0.5, 0.6) is 0 Å². The number of imidazole rings is 1. The molecule has 0 atom stereocenters. The van der Waals surface area contributed by atoms with Gasteiger partial charge in [-0.05, 0) is 12.1 Å². The van der Waals surface area contributed by atoms with Crippen molar-refractivity contribution in [1.82, 2.24) is 9.38 Å². The first-order valence-electron chi connectivity index (χ1n) is 5.43. The number of pyridine rings is 1. The van der Waals surface area contributed by atoms with Crippen molar-refractivity contribution in [1.29, 1.82) is 5.26 Å². The Bertz CT molecular complexity index is 754. The lowest BCUT2D eigenvalue weighted by atomic mass is 10.2. The molecule has 0 saturated carbocycles. The summed E-state index contributed by atoms with van der Waals surface area (Å²) in [5.41, 5.74) is 1.17. The zero-order valence-corrected chi connectivity index (χ0v) is 9.34. The van der Waals surface area contributed by atoms with E-state index >= 15 is 0 Å². The van der Waals surface area contributed by atoms with Crippen molar-refractivity contribution in [3.63, 3.8) is 0 Å². The minimum absolute atomic E-state index is 0.104. The second-order valence-corrected chi connectivity index (χ2v) is 3.84. The van der Waals surface area contributed by atoms with Gasteiger partial charge in [0.1, 0.15) is 23.2 Å². The van der Waals surface area contributed by atoms with Crippen molar-refractivity contribution in [2.75, 3.05) is 0 Å². The summed E-state index contributed by atoms with van der Waals surface area (Å²) in [6.07, 6.45) is 1.70. The van der Waals surface area contributed by atoms with Crippen LogP contribution in [-0.2, 0) is 0 Å². The highest BCUT2D eigenvalue weighted by Crippen LogP contribution is 2.23. The second kappa shape index (κ2) is 3.97. The van der Waals surface area contributed by atoms with Crippen LogP contribution in [0.25, 0.3) is 16.9 Å². The van der Waals surface area contributed by atoms with Gasteiger partial charge in [0.25, 0.3) is 0 Å². The molecule has 0 aliphatic carbocycles. The van der Waals surface area contributed by atoms with Gasteiger partial charge < -0.3 is 0 Å². The van der Waals surface area contributed by atoms with E-state index < -0.39 is 5.82 Å². The van der Waals surface area contributed by atoms with Crippen LogP contribution in [-0.4, -0.2) is 9.38 Å². The average molecular weight is 237 g/mol. The molecule has 0 bridgehead atoms. The smallest absolute Gasteiger partial charge is 0.169 e. The largest absolute Gasteiger partial charge is 0.296 e. The van der Waals surface area contributed by atoms with E-state index in [2.05, 4.69) is 4.98 Å². The van der Waals surface area contributed by atoms with Gasteiger partial charge in [-0.25, -0.2) is 9.37 Å². The van der Waals surface area contributed by atoms with Gasteiger partial charge >= 0.3 is 0 Å². The Labute approximate surface area is 103 Å². The minimum atomic E-state index is -0.441. The Hall–Kier alpha value is -2.67. The molecule has 0 fully saturated rings. The maximum Gasteiger partial charge on any atom is 0.169 e. The predicted molar refractivity (Wildman–Crippen MR) is 65.3 cm³/mol. The van der Waals surface area contributed by atoms with Crippen LogP contribution < -0.4 is 0 Å². The predicted octanol–water partition coefficient (Wildman–Crippen LogP) is 3.01. The molecule has 4 heteroatoms. The number of nitriles is 1. The molecule has 0 unspecified atom stereocenters. The van der Waals surface area contributed by atoms with Gasteiger partial charge in [-0.15, -0.1) is 0 Å². The van der Waals surface area contributed by atoms with E-state index in [-0.39, 0.29) is 11.2 Å². The summed E-state index contributed by atoms with van der Waals surface area (Å²) in [6.45, 7) is 0. The highest BCUT2D eigenvalue weighted by molar-refractivity contribution is 5.68. The number of halogens is 1. The summed E-state index contributed by atoms with van der Waals surface area (Å²) in [7, 11) is 0. The molecule has 2 aromatic heterocycles. The maximum atomic E-state index is 13.8. The maximum absolute atomic E-state index is 13.8. The van der Waals surface area contributed by atoms with Crippen molar-refractivity contribution in [2.24, 2.45) is 0 Å². The van der Waals surface area contributed by atoms with Gasteiger partial charge in [-0.1, -0.05) is 30.3 Å². The van der Waals surface area contributed by atoms with Crippen molar-refractivity contribution in [3.8, 4) is 17.5 Å². The minimum Gasteiger partial charge on any atom is -0.296 e. The molecule has 2 heterocycles. The van der Waals surface area contributed by atoms with Gasteiger partial charge in [-0.2, -0.15) is 5.26 Å². The van der Waals surface area contributed by atoms with Crippen molar-refractivity contribution in [3.05, 3.63) is 60.2 Å². The van der Waals surface area contributed by atoms with Crippen LogP contribution in [0.3, 0.4) is 0 Å². The van der Waals surface area contributed by atoms with E-state index in [1.54, 1.807) is 16.7 Å². The first kappa shape index (κ1) is 10.5. The molecule has 3 nitrogen and oxygen atoms in total. The van der Waals surface area contributed by atoms with Gasteiger partial charge in [0.15, 0.2) is 5.69 Å². The van der Waals surface area contributed by atoms with Crippen molar-refractivity contribution >= 4 is 5.52 Å². The third-order valence-electron chi connectivity index (χ3n) is 2.75. The fourth-order valence-electron chi connectivity index (χ4n) is 1.97. The van der Waals surface area contributed by atoms with Gasteiger partial charge in [0, 0.05) is 11.8 Å². The summed E-state index contributed by atoms with van der Waals surface area (Å²) in [6, 6.07) is 14.2. The number of rotatable bonds is 1. The highest BCUT2D eigenvalue weighted by atomic mass is 19.1. The SMILES string of the molecule is N#Cc1nc(-c2ccccc2)n2cccc(F)c12. The fourth-order valence-corrected chi connectivity index (χ4v) is 1.97. The van der Waals surface area contributed by atoms with Crippen molar-refractivity contribution < 1.29 is 4.39 Å². The van der Waals surface area contributed by atoms with Crippen LogP contribution in [0.2, 0.25) is 0 Å². The Morgan fingerprint density at radius 2 is 1.89 bits per heavy atom. The van der Waals surface area contributed by atoms with Crippen LogP contribution in [0.15, 0.2) is 48.7 Å². The van der Waals surface area contributed by atoms with Crippen LogP contribution in [0, 0.1) is 17.1 Å². The van der Waals surface area contributed by atoms with E-state index in [1.165, 1.54) is 6.07 Å². The van der Waals surface area contributed by atoms with Crippen molar-refractivity contribution in [2.45, 2.75) is 0 Å². The lowest BCUT2D eigenvalue weighted by molar-refractivity contribution is 0.633. The highest BCUT2D eigenvalue weighted by Gasteiger charge is 2.15. The Morgan fingerprint density at radius 3 is 2.61 bits per heavy atom. The average Bonchev–Trinajstić information content (AvgIpc) is 2.80. The summed E-state index contributed by atoms with van der Waals surface area (Å²) < 4.78 is 15.4. The lowest BCUT2D eigenvalue weighted by Gasteiger charge is -2.00. The molecule has 1 aromatic carbocycles. The van der Waals surface area contributed by atoms with E-state index in [0.717, 1.165) is 5.56 Å². The van der Waals surface area contributed by atoms with Crippen LogP contribution >= 0.6 is 0 Å².